The van der Waals surface area contributed by atoms with Crippen molar-refractivity contribution in [1.29, 1.82) is 0 Å². The molecule has 0 aromatic heterocycles. The van der Waals surface area contributed by atoms with Gasteiger partial charge >= 0.3 is 0 Å². The van der Waals surface area contributed by atoms with Crippen molar-refractivity contribution < 1.29 is 4.79 Å². The third kappa shape index (κ3) is 3.55. The molecule has 0 heterocycles. The lowest BCUT2D eigenvalue weighted by molar-refractivity contribution is 0.102. The summed E-state index contributed by atoms with van der Waals surface area (Å²) in [5, 5.41) is 2.87. The quantitative estimate of drug-likeness (QED) is 0.597. The summed E-state index contributed by atoms with van der Waals surface area (Å²) in [6.45, 7) is 0. The van der Waals surface area contributed by atoms with Gasteiger partial charge in [0, 0.05) is 18.1 Å². The van der Waals surface area contributed by atoms with Crippen LogP contribution in [0.4, 0.5) is 5.69 Å². The molecule has 5 heteroatoms. The van der Waals surface area contributed by atoms with E-state index in [1.807, 2.05) is 42.5 Å². The lowest BCUT2D eigenvalue weighted by atomic mass is 10.2. The number of nitrogens with one attached hydrogen (secondary N) is 1. The van der Waals surface area contributed by atoms with Gasteiger partial charge in [-0.15, -0.1) is 0 Å². The predicted octanol–water partition coefficient (Wildman–Crippen LogP) is 5.07. The first kappa shape index (κ1) is 14.0. The van der Waals surface area contributed by atoms with E-state index in [1.54, 1.807) is 0 Å². The smallest absolute Gasteiger partial charge is 0.255 e. The Kier molecular flexibility index (Phi) is 4.80. The standard InChI is InChI=1S/C13H8Br2INO/c14-9-3-6-11(15)12(7-9)17-13(18)8-1-4-10(16)5-2-8/h1-7H,(H,17,18). The number of amides is 1. The fourth-order valence-electron chi connectivity index (χ4n) is 1.39. The number of carbonyl (C=O) groups excluding carboxylic acids is 1. The zero-order valence-electron chi connectivity index (χ0n) is 9.08. The topological polar surface area (TPSA) is 29.1 Å². The van der Waals surface area contributed by atoms with E-state index in [9.17, 15) is 4.79 Å². The monoisotopic (exact) mass is 479 g/mol. The summed E-state index contributed by atoms with van der Waals surface area (Å²) in [6.07, 6.45) is 0. The molecule has 0 aliphatic heterocycles. The molecule has 0 radical (unpaired) electrons. The van der Waals surface area contributed by atoms with Gasteiger partial charge in [-0.2, -0.15) is 0 Å². The van der Waals surface area contributed by atoms with E-state index < -0.39 is 0 Å². The van der Waals surface area contributed by atoms with Gasteiger partial charge in [-0.25, -0.2) is 0 Å². The molecule has 1 N–H and O–H groups in total. The molecule has 18 heavy (non-hydrogen) atoms. The van der Waals surface area contributed by atoms with Crippen LogP contribution in [0.5, 0.6) is 0 Å². The Bertz CT molecular complexity index is 584. The highest BCUT2D eigenvalue weighted by Crippen LogP contribution is 2.26. The van der Waals surface area contributed by atoms with Crippen molar-refractivity contribution >= 4 is 66.0 Å². The highest BCUT2D eigenvalue weighted by Gasteiger charge is 2.08. The SMILES string of the molecule is O=C(Nc1cc(Br)ccc1Br)c1ccc(I)cc1. The highest BCUT2D eigenvalue weighted by atomic mass is 127. The Hall–Kier alpha value is -0.400. The minimum Gasteiger partial charge on any atom is -0.321 e. The van der Waals surface area contributed by atoms with Crippen molar-refractivity contribution in [2.75, 3.05) is 5.32 Å². The Labute approximate surface area is 136 Å². The lowest BCUT2D eigenvalue weighted by Crippen LogP contribution is -2.12. The van der Waals surface area contributed by atoms with Crippen molar-refractivity contribution in [3.05, 3.63) is 60.5 Å². The Morgan fingerprint density at radius 1 is 1.06 bits per heavy atom. The normalized spacial score (nSPS) is 10.2. The van der Waals surface area contributed by atoms with Gasteiger partial charge in [-0.1, -0.05) is 15.9 Å². The maximum atomic E-state index is 12.0. The summed E-state index contributed by atoms with van der Waals surface area (Å²) in [6, 6.07) is 13.1. The molecule has 2 rings (SSSR count). The number of halogens is 3. The molecule has 0 spiro atoms. The first-order chi connectivity index (χ1) is 8.56. The van der Waals surface area contributed by atoms with E-state index in [1.165, 1.54) is 0 Å². The van der Waals surface area contributed by atoms with Gasteiger partial charge in [-0.3, -0.25) is 4.79 Å². The van der Waals surface area contributed by atoms with E-state index >= 15 is 0 Å². The summed E-state index contributed by atoms with van der Waals surface area (Å²) in [4.78, 5) is 12.0. The van der Waals surface area contributed by atoms with Crippen molar-refractivity contribution in [3.63, 3.8) is 0 Å². The van der Waals surface area contributed by atoms with E-state index in [4.69, 9.17) is 0 Å². The molecule has 0 aliphatic carbocycles. The van der Waals surface area contributed by atoms with Crippen LogP contribution in [-0.4, -0.2) is 5.91 Å². The van der Waals surface area contributed by atoms with Gasteiger partial charge in [0.05, 0.1) is 5.69 Å². The second-order valence-electron chi connectivity index (χ2n) is 3.59. The molecular weight excluding hydrogens is 473 g/mol. The van der Waals surface area contributed by atoms with Gasteiger partial charge in [0.1, 0.15) is 0 Å². The van der Waals surface area contributed by atoms with E-state index in [0.717, 1.165) is 18.2 Å². The van der Waals surface area contributed by atoms with Crippen LogP contribution in [-0.2, 0) is 0 Å². The fraction of sp³-hybridized carbons (Fsp3) is 0. The third-order valence-corrected chi connectivity index (χ3v) is 4.19. The van der Waals surface area contributed by atoms with Crippen LogP contribution in [0.15, 0.2) is 51.4 Å². The summed E-state index contributed by atoms with van der Waals surface area (Å²) in [5.41, 5.74) is 1.38. The molecule has 2 aromatic rings. The maximum absolute atomic E-state index is 12.0. The first-order valence-corrected chi connectivity index (χ1v) is 7.75. The molecule has 0 bridgehead atoms. The minimum absolute atomic E-state index is 0.120. The number of benzene rings is 2. The number of carbonyl (C=O) groups is 1. The number of hydrogen-bond acceptors (Lipinski definition) is 1. The molecular formula is C13H8Br2INO. The van der Waals surface area contributed by atoms with Crippen LogP contribution >= 0.6 is 54.5 Å². The van der Waals surface area contributed by atoms with Crippen LogP contribution in [0.1, 0.15) is 10.4 Å². The van der Waals surface area contributed by atoms with Crippen LogP contribution in [0.3, 0.4) is 0 Å². The van der Waals surface area contributed by atoms with Crippen LogP contribution in [0.25, 0.3) is 0 Å². The lowest BCUT2D eigenvalue weighted by Gasteiger charge is -2.08. The zero-order valence-corrected chi connectivity index (χ0v) is 14.4. The molecule has 0 aliphatic rings. The minimum atomic E-state index is -0.120. The molecule has 92 valence electrons. The maximum Gasteiger partial charge on any atom is 0.255 e. The molecule has 0 unspecified atom stereocenters. The molecule has 0 saturated carbocycles. The number of hydrogen-bond donors (Lipinski definition) is 1. The Morgan fingerprint density at radius 2 is 1.72 bits per heavy atom. The van der Waals surface area contributed by atoms with E-state index in [-0.39, 0.29) is 5.91 Å². The van der Waals surface area contributed by atoms with Gasteiger partial charge in [-0.05, 0) is 81.0 Å². The van der Waals surface area contributed by atoms with Crippen LogP contribution in [0.2, 0.25) is 0 Å². The predicted molar refractivity (Wildman–Crippen MR) is 89.0 cm³/mol. The van der Waals surface area contributed by atoms with Crippen LogP contribution in [0, 0.1) is 3.57 Å². The average molecular weight is 481 g/mol. The summed E-state index contributed by atoms with van der Waals surface area (Å²) in [7, 11) is 0. The average Bonchev–Trinajstić information content (AvgIpc) is 2.34. The van der Waals surface area contributed by atoms with Gasteiger partial charge in [0.25, 0.3) is 5.91 Å². The second kappa shape index (κ2) is 6.16. The molecule has 0 saturated heterocycles. The molecule has 1 amide bonds. The molecule has 2 nitrogen and oxygen atoms in total. The Morgan fingerprint density at radius 3 is 2.39 bits per heavy atom. The van der Waals surface area contributed by atoms with Gasteiger partial charge < -0.3 is 5.32 Å². The van der Waals surface area contributed by atoms with E-state index in [2.05, 4.69) is 59.8 Å². The summed E-state index contributed by atoms with van der Waals surface area (Å²) >= 11 is 8.99. The van der Waals surface area contributed by atoms with Crippen molar-refractivity contribution in [1.82, 2.24) is 0 Å². The third-order valence-electron chi connectivity index (χ3n) is 2.28. The van der Waals surface area contributed by atoms with Crippen molar-refractivity contribution in [2.24, 2.45) is 0 Å². The van der Waals surface area contributed by atoms with Gasteiger partial charge in [0.2, 0.25) is 0 Å². The summed E-state index contributed by atoms with van der Waals surface area (Å²) in [5.74, 6) is -0.120. The first-order valence-electron chi connectivity index (χ1n) is 5.08. The van der Waals surface area contributed by atoms with Crippen molar-refractivity contribution in [3.8, 4) is 0 Å². The molecule has 0 fully saturated rings. The largest absolute Gasteiger partial charge is 0.321 e. The number of rotatable bonds is 2. The summed E-state index contributed by atoms with van der Waals surface area (Å²) < 4.78 is 2.88. The molecule has 0 atom stereocenters. The van der Waals surface area contributed by atoms with Crippen molar-refractivity contribution in [2.45, 2.75) is 0 Å². The van der Waals surface area contributed by atoms with Gasteiger partial charge in [0.15, 0.2) is 0 Å². The zero-order chi connectivity index (χ0) is 13.1. The highest BCUT2D eigenvalue weighted by molar-refractivity contribution is 14.1. The van der Waals surface area contributed by atoms with Crippen LogP contribution < -0.4 is 5.32 Å². The fourth-order valence-corrected chi connectivity index (χ4v) is 2.46. The molecule has 2 aromatic carbocycles. The Balaban J connectivity index is 2.21. The number of anilines is 1. The second-order valence-corrected chi connectivity index (χ2v) is 6.60. The van der Waals surface area contributed by atoms with E-state index in [0.29, 0.717) is 5.56 Å².